The van der Waals surface area contributed by atoms with E-state index in [9.17, 15) is 13.6 Å². The lowest BCUT2D eigenvalue weighted by Crippen LogP contribution is -2.45. The summed E-state index contributed by atoms with van der Waals surface area (Å²) in [4.78, 5) is 11.4. The lowest BCUT2D eigenvalue weighted by molar-refractivity contribution is -0.129. The minimum absolute atomic E-state index is 0.170. The summed E-state index contributed by atoms with van der Waals surface area (Å²) in [6.07, 6.45) is -4.12. The highest BCUT2D eigenvalue weighted by Gasteiger charge is 2.31. The Morgan fingerprint density at radius 2 is 1.71 bits per heavy atom. The van der Waals surface area contributed by atoms with Crippen molar-refractivity contribution in [3.8, 4) is 0 Å². The first kappa shape index (κ1) is 13.6. The predicted molar refractivity (Wildman–Crippen MR) is 63.1 cm³/mol. The molecule has 0 saturated carbocycles. The van der Waals surface area contributed by atoms with Gasteiger partial charge in [-0.3, -0.25) is 4.79 Å². The summed E-state index contributed by atoms with van der Waals surface area (Å²) in [5.74, 6) is -0.922. The van der Waals surface area contributed by atoms with Crippen LogP contribution in [-0.4, -0.2) is 17.6 Å². The number of halogens is 2. The second-order valence-corrected chi connectivity index (χ2v) is 4.95. The molecule has 1 amide bonds. The zero-order valence-corrected chi connectivity index (χ0v) is 10.2. The highest BCUT2D eigenvalue weighted by molar-refractivity contribution is 5.82. The first-order valence-electron chi connectivity index (χ1n) is 5.46. The van der Waals surface area contributed by atoms with Crippen LogP contribution in [0.15, 0.2) is 30.3 Å². The zero-order chi connectivity index (χ0) is 13.1. The van der Waals surface area contributed by atoms with E-state index in [0.29, 0.717) is 0 Å². The summed E-state index contributed by atoms with van der Waals surface area (Å²) in [5.41, 5.74) is -0.401. The topological polar surface area (TPSA) is 29.1 Å². The van der Waals surface area contributed by atoms with E-state index in [1.807, 2.05) is 0 Å². The van der Waals surface area contributed by atoms with Crippen molar-refractivity contribution in [1.29, 1.82) is 0 Å². The predicted octanol–water partition coefficient (Wildman–Crippen LogP) is 2.95. The summed E-state index contributed by atoms with van der Waals surface area (Å²) in [6.45, 7) is 5.15. The second kappa shape index (κ2) is 5.25. The summed E-state index contributed by atoms with van der Waals surface area (Å²) in [7, 11) is 0. The summed E-state index contributed by atoms with van der Waals surface area (Å²) >= 11 is 0. The van der Waals surface area contributed by atoms with Crippen molar-refractivity contribution in [2.75, 3.05) is 0 Å². The number of hydrogen-bond donors (Lipinski definition) is 1. The van der Waals surface area contributed by atoms with Gasteiger partial charge in [-0.2, -0.15) is 0 Å². The average molecular weight is 241 g/mol. The molecule has 17 heavy (non-hydrogen) atoms. The van der Waals surface area contributed by atoms with Crippen LogP contribution in [0.5, 0.6) is 0 Å². The van der Waals surface area contributed by atoms with E-state index >= 15 is 0 Å². The molecule has 0 unspecified atom stereocenters. The Bertz CT molecular complexity index is 373. The molecule has 0 aliphatic rings. The Morgan fingerprint density at radius 3 is 2.18 bits per heavy atom. The molecule has 0 bridgehead atoms. The van der Waals surface area contributed by atoms with Crippen LogP contribution in [0.2, 0.25) is 0 Å². The highest BCUT2D eigenvalue weighted by Crippen LogP contribution is 2.24. The van der Waals surface area contributed by atoms with Gasteiger partial charge < -0.3 is 5.32 Å². The molecule has 2 nitrogen and oxygen atoms in total. The largest absolute Gasteiger partial charge is 0.349 e. The maximum atomic E-state index is 13.7. The molecule has 0 aliphatic heterocycles. The molecule has 2 atom stereocenters. The van der Waals surface area contributed by atoms with Gasteiger partial charge in [0.1, 0.15) is 0 Å². The van der Waals surface area contributed by atoms with Crippen LogP contribution < -0.4 is 5.32 Å². The summed E-state index contributed by atoms with van der Waals surface area (Å²) in [5, 5.41) is 2.42. The molecule has 94 valence electrons. The Morgan fingerprint density at radius 1 is 1.18 bits per heavy atom. The van der Waals surface area contributed by atoms with Crippen LogP contribution >= 0.6 is 0 Å². The molecule has 0 saturated heterocycles. The van der Waals surface area contributed by atoms with Crippen molar-refractivity contribution in [2.45, 2.75) is 38.7 Å². The van der Waals surface area contributed by atoms with Crippen LogP contribution in [0, 0.1) is 0 Å². The smallest absolute Gasteiger partial charge is 0.258 e. The fourth-order valence-corrected chi connectivity index (χ4v) is 1.38. The van der Waals surface area contributed by atoms with E-state index in [0.717, 1.165) is 0 Å². The van der Waals surface area contributed by atoms with Gasteiger partial charge in [0.25, 0.3) is 5.91 Å². The van der Waals surface area contributed by atoms with Gasteiger partial charge in [0, 0.05) is 5.54 Å². The fraction of sp³-hybridized carbons (Fsp3) is 0.462. The highest BCUT2D eigenvalue weighted by atomic mass is 19.2. The average Bonchev–Trinajstić information content (AvgIpc) is 2.26. The molecular formula is C13H17F2NO. The number of amides is 1. The number of rotatable bonds is 3. The Hall–Kier alpha value is -1.45. The molecule has 0 aromatic heterocycles. The van der Waals surface area contributed by atoms with Gasteiger partial charge in [0.05, 0.1) is 0 Å². The lowest BCUT2D eigenvalue weighted by atomic mass is 10.0. The number of carbonyl (C=O) groups excluding carboxylic acids is 1. The first-order chi connectivity index (χ1) is 7.81. The minimum Gasteiger partial charge on any atom is -0.349 e. The zero-order valence-electron chi connectivity index (χ0n) is 10.2. The number of benzene rings is 1. The maximum absolute atomic E-state index is 13.7. The van der Waals surface area contributed by atoms with Gasteiger partial charge in [-0.15, -0.1) is 0 Å². The van der Waals surface area contributed by atoms with E-state index < -0.39 is 23.8 Å². The number of hydrogen-bond acceptors (Lipinski definition) is 1. The Balaban J connectivity index is 2.70. The van der Waals surface area contributed by atoms with E-state index in [4.69, 9.17) is 0 Å². The molecule has 4 heteroatoms. The van der Waals surface area contributed by atoms with Crippen molar-refractivity contribution in [1.82, 2.24) is 5.32 Å². The molecule has 0 radical (unpaired) electrons. The van der Waals surface area contributed by atoms with Crippen LogP contribution in [0.4, 0.5) is 8.78 Å². The van der Waals surface area contributed by atoms with Crippen LogP contribution in [-0.2, 0) is 4.79 Å². The van der Waals surface area contributed by atoms with Crippen molar-refractivity contribution in [3.05, 3.63) is 35.9 Å². The summed E-state index contributed by atoms with van der Waals surface area (Å²) < 4.78 is 27.3. The number of nitrogens with one attached hydrogen (secondary N) is 1. The normalized spacial score (nSPS) is 15.1. The van der Waals surface area contributed by atoms with Gasteiger partial charge in [-0.25, -0.2) is 8.78 Å². The SMILES string of the molecule is CC(C)(C)NC(=O)[C@@H](F)[C@@H](F)c1ccccc1. The van der Waals surface area contributed by atoms with Gasteiger partial charge in [0.15, 0.2) is 6.17 Å². The van der Waals surface area contributed by atoms with Gasteiger partial charge in [-0.05, 0) is 26.3 Å². The van der Waals surface area contributed by atoms with E-state index in [-0.39, 0.29) is 5.56 Å². The van der Waals surface area contributed by atoms with Crippen molar-refractivity contribution in [3.63, 3.8) is 0 Å². The molecule has 1 aromatic rings. The van der Waals surface area contributed by atoms with E-state index in [1.165, 1.54) is 12.1 Å². The van der Waals surface area contributed by atoms with Gasteiger partial charge in [0.2, 0.25) is 6.17 Å². The maximum Gasteiger partial charge on any atom is 0.258 e. The minimum atomic E-state index is -2.18. The first-order valence-corrected chi connectivity index (χ1v) is 5.46. The molecule has 0 fully saturated rings. The molecule has 0 heterocycles. The van der Waals surface area contributed by atoms with Gasteiger partial charge in [-0.1, -0.05) is 30.3 Å². The van der Waals surface area contributed by atoms with Crippen molar-refractivity contribution >= 4 is 5.91 Å². The number of carbonyl (C=O) groups is 1. The Kier molecular flexibility index (Phi) is 4.21. The molecular weight excluding hydrogens is 224 g/mol. The third-order valence-electron chi connectivity index (χ3n) is 2.12. The fourth-order valence-electron chi connectivity index (χ4n) is 1.38. The van der Waals surface area contributed by atoms with Crippen molar-refractivity contribution in [2.24, 2.45) is 0 Å². The molecule has 0 aliphatic carbocycles. The molecule has 1 aromatic carbocycles. The molecule has 1 rings (SSSR count). The summed E-state index contributed by atoms with van der Waals surface area (Å²) in [6, 6.07) is 7.84. The van der Waals surface area contributed by atoms with E-state index in [2.05, 4.69) is 5.32 Å². The van der Waals surface area contributed by atoms with E-state index in [1.54, 1.807) is 39.0 Å². The third-order valence-corrected chi connectivity index (χ3v) is 2.12. The van der Waals surface area contributed by atoms with Gasteiger partial charge >= 0.3 is 0 Å². The standard InChI is InChI=1S/C13H17F2NO/c1-13(2,3)16-12(17)11(15)10(14)9-7-5-4-6-8-9/h4-8,10-11H,1-3H3,(H,16,17)/t10-,11-/m0/s1. The second-order valence-electron chi connectivity index (χ2n) is 4.95. The third kappa shape index (κ3) is 4.13. The molecule has 1 N–H and O–H groups in total. The lowest BCUT2D eigenvalue weighted by Gasteiger charge is -2.23. The van der Waals surface area contributed by atoms with Crippen molar-refractivity contribution < 1.29 is 13.6 Å². The number of alkyl halides is 2. The Labute approximate surface area is 100 Å². The van der Waals surface area contributed by atoms with Crippen LogP contribution in [0.3, 0.4) is 0 Å². The monoisotopic (exact) mass is 241 g/mol. The van der Waals surface area contributed by atoms with Crippen LogP contribution in [0.25, 0.3) is 0 Å². The molecule has 0 spiro atoms. The quantitative estimate of drug-likeness (QED) is 0.866. The van der Waals surface area contributed by atoms with Crippen LogP contribution in [0.1, 0.15) is 32.5 Å².